The highest BCUT2D eigenvalue weighted by Crippen LogP contribution is 2.23. The Morgan fingerprint density at radius 1 is 1.38 bits per heavy atom. The van der Waals surface area contributed by atoms with E-state index in [1.807, 2.05) is 13.8 Å². The molecule has 1 unspecified atom stereocenters. The second kappa shape index (κ2) is 6.74. The largest absolute Gasteiger partial charge is 0.481 e. The van der Waals surface area contributed by atoms with Gasteiger partial charge in [0.1, 0.15) is 0 Å². The summed E-state index contributed by atoms with van der Waals surface area (Å²) in [5.41, 5.74) is 0. The van der Waals surface area contributed by atoms with Crippen molar-refractivity contribution in [2.24, 2.45) is 5.92 Å². The van der Waals surface area contributed by atoms with Gasteiger partial charge in [-0.05, 0) is 6.42 Å². The lowest BCUT2D eigenvalue weighted by atomic mass is 10.1. The summed E-state index contributed by atoms with van der Waals surface area (Å²) in [7, 11) is 0. The van der Waals surface area contributed by atoms with Crippen molar-refractivity contribution in [2.75, 3.05) is 0 Å². The number of rotatable bonds is 3. The Morgan fingerprint density at radius 2 is 1.77 bits per heavy atom. The summed E-state index contributed by atoms with van der Waals surface area (Å²) in [4.78, 5) is 10.0. The molecule has 1 N–H and O–H groups in total. The summed E-state index contributed by atoms with van der Waals surface area (Å²) >= 11 is 0. The Morgan fingerprint density at radius 3 is 2.00 bits per heavy atom. The molecule has 0 aromatic heterocycles. The van der Waals surface area contributed by atoms with Gasteiger partial charge in [-0.1, -0.05) is 20.8 Å². The molecule has 0 aromatic carbocycles. The third kappa shape index (κ3) is 11.3. The van der Waals surface area contributed by atoms with Crippen LogP contribution in [0.2, 0.25) is 0 Å². The summed E-state index contributed by atoms with van der Waals surface area (Å²) < 4.78 is 34.5. The lowest BCUT2D eigenvalue weighted by Crippen LogP contribution is -2.14. The van der Waals surface area contributed by atoms with Crippen LogP contribution in [0.3, 0.4) is 0 Å². The van der Waals surface area contributed by atoms with E-state index < -0.39 is 24.5 Å². The molecule has 13 heavy (non-hydrogen) atoms. The van der Waals surface area contributed by atoms with E-state index in [0.29, 0.717) is 0 Å². The first-order valence-corrected chi connectivity index (χ1v) is 4.12. The van der Waals surface area contributed by atoms with Crippen LogP contribution in [0.25, 0.3) is 0 Å². The molecule has 1 atom stereocenters. The molecule has 5 heteroatoms. The average Bonchev–Trinajstić information content (AvgIpc) is 2.02. The maximum atomic E-state index is 11.5. The molecule has 0 heterocycles. The van der Waals surface area contributed by atoms with Crippen LogP contribution >= 0.6 is 0 Å². The van der Waals surface area contributed by atoms with Gasteiger partial charge in [-0.15, -0.1) is 0 Å². The van der Waals surface area contributed by atoms with Crippen molar-refractivity contribution in [2.45, 2.75) is 39.8 Å². The zero-order valence-electron chi connectivity index (χ0n) is 7.98. The molecule has 0 saturated heterocycles. The van der Waals surface area contributed by atoms with Crippen LogP contribution in [-0.4, -0.2) is 17.3 Å². The molecule has 0 aliphatic heterocycles. The van der Waals surface area contributed by atoms with Gasteiger partial charge in [-0.3, -0.25) is 4.79 Å². The van der Waals surface area contributed by atoms with Gasteiger partial charge in [0.15, 0.2) is 0 Å². The molecule has 0 fully saturated rings. The quantitative estimate of drug-likeness (QED) is 0.760. The van der Waals surface area contributed by atoms with Crippen LogP contribution in [0.5, 0.6) is 0 Å². The van der Waals surface area contributed by atoms with E-state index in [9.17, 15) is 18.0 Å². The van der Waals surface area contributed by atoms with Crippen LogP contribution in [-0.2, 0) is 4.79 Å². The van der Waals surface area contributed by atoms with E-state index in [1.165, 1.54) is 6.92 Å². The highest BCUT2D eigenvalue weighted by atomic mass is 19.4. The van der Waals surface area contributed by atoms with E-state index >= 15 is 0 Å². The fraction of sp³-hybridized carbons (Fsp3) is 0.875. The number of aliphatic carboxylic acids is 1. The fourth-order valence-corrected chi connectivity index (χ4v) is 0.504. The second-order valence-corrected chi connectivity index (χ2v) is 2.39. The fourth-order valence-electron chi connectivity index (χ4n) is 0.504. The molecule has 0 radical (unpaired) electrons. The predicted molar refractivity (Wildman–Crippen MR) is 43.4 cm³/mol. The van der Waals surface area contributed by atoms with E-state index in [2.05, 4.69) is 0 Å². The predicted octanol–water partition coefficient (Wildman–Crippen LogP) is 3.08. The minimum absolute atomic E-state index is 0.348. The summed E-state index contributed by atoms with van der Waals surface area (Å²) in [6, 6.07) is 0. The minimum atomic E-state index is -4.25. The standard InChI is InChI=1S/C6H9F3O2.C2H6/c1-4(5(10)11)2-3-6(7,8)9;1-2/h4H,2-3H2,1H3,(H,10,11);1-2H3. The van der Waals surface area contributed by atoms with E-state index in [-0.39, 0.29) is 6.42 Å². The van der Waals surface area contributed by atoms with E-state index in [4.69, 9.17) is 5.11 Å². The van der Waals surface area contributed by atoms with Crippen LogP contribution in [0, 0.1) is 5.92 Å². The van der Waals surface area contributed by atoms with Gasteiger partial charge >= 0.3 is 12.1 Å². The van der Waals surface area contributed by atoms with Gasteiger partial charge in [-0.2, -0.15) is 13.2 Å². The first-order chi connectivity index (χ1) is 5.83. The maximum Gasteiger partial charge on any atom is 0.389 e. The summed E-state index contributed by atoms with van der Waals surface area (Å²) in [6.45, 7) is 5.26. The Bertz CT molecular complexity index is 143. The molecule has 0 rings (SSSR count). The molecule has 0 aromatic rings. The molecule has 0 spiro atoms. The Balaban J connectivity index is 0. The molecule has 0 bridgehead atoms. The molecular weight excluding hydrogens is 185 g/mol. The first kappa shape index (κ1) is 14.8. The van der Waals surface area contributed by atoms with Gasteiger partial charge in [0, 0.05) is 6.42 Å². The van der Waals surface area contributed by atoms with Gasteiger partial charge < -0.3 is 5.11 Å². The Kier molecular flexibility index (Phi) is 7.66. The molecule has 0 saturated carbocycles. The molecule has 0 amide bonds. The third-order valence-electron chi connectivity index (χ3n) is 1.28. The van der Waals surface area contributed by atoms with Crippen LogP contribution in [0.15, 0.2) is 0 Å². The van der Waals surface area contributed by atoms with Gasteiger partial charge in [0.2, 0.25) is 0 Å². The summed E-state index contributed by atoms with van der Waals surface area (Å²) in [6.07, 6.45) is -5.62. The number of hydrogen-bond acceptors (Lipinski definition) is 1. The number of hydrogen-bond donors (Lipinski definition) is 1. The molecule has 0 aliphatic carbocycles. The highest BCUT2D eigenvalue weighted by molar-refractivity contribution is 5.69. The summed E-state index contributed by atoms with van der Waals surface area (Å²) in [5, 5.41) is 8.21. The van der Waals surface area contributed by atoms with E-state index in [1.54, 1.807) is 0 Å². The molecule has 2 nitrogen and oxygen atoms in total. The van der Waals surface area contributed by atoms with Crippen LogP contribution in [0.1, 0.15) is 33.6 Å². The van der Waals surface area contributed by atoms with Gasteiger partial charge in [-0.25, -0.2) is 0 Å². The second-order valence-electron chi connectivity index (χ2n) is 2.39. The number of carboxylic acids is 1. The van der Waals surface area contributed by atoms with Gasteiger partial charge in [0.05, 0.1) is 5.92 Å². The monoisotopic (exact) mass is 200 g/mol. The van der Waals surface area contributed by atoms with Crippen molar-refractivity contribution in [1.29, 1.82) is 0 Å². The Hall–Kier alpha value is -0.740. The van der Waals surface area contributed by atoms with Crippen molar-refractivity contribution in [1.82, 2.24) is 0 Å². The summed E-state index contributed by atoms with van der Waals surface area (Å²) in [5.74, 6) is -2.11. The van der Waals surface area contributed by atoms with Crippen molar-refractivity contribution in [3.05, 3.63) is 0 Å². The number of alkyl halides is 3. The smallest absolute Gasteiger partial charge is 0.389 e. The lowest BCUT2D eigenvalue weighted by molar-refractivity contribution is -0.148. The topological polar surface area (TPSA) is 37.3 Å². The zero-order chi connectivity index (χ0) is 11.1. The maximum absolute atomic E-state index is 11.5. The van der Waals surface area contributed by atoms with E-state index in [0.717, 1.165) is 0 Å². The SMILES string of the molecule is CC.CC(CCC(F)(F)F)C(=O)O. The molecule has 80 valence electrons. The lowest BCUT2D eigenvalue weighted by Gasteiger charge is -2.07. The number of halogens is 3. The zero-order valence-corrected chi connectivity index (χ0v) is 7.98. The van der Waals surface area contributed by atoms with Crippen molar-refractivity contribution in [3.8, 4) is 0 Å². The first-order valence-electron chi connectivity index (χ1n) is 4.12. The molecule has 0 aliphatic rings. The van der Waals surface area contributed by atoms with Crippen molar-refractivity contribution >= 4 is 5.97 Å². The Labute approximate surface area is 75.8 Å². The highest BCUT2D eigenvalue weighted by Gasteiger charge is 2.28. The molecular formula is C8H15F3O2. The third-order valence-corrected chi connectivity index (χ3v) is 1.28. The van der Waals surface area contributed by atoms with Crippen molar-refractivity contribution in [3.63, 3.8) is 0 Å². The van der Waals surface area contributed by atoms with Crippen LogP contribution < -0.4 is 0 Å². The number of carboxylic acid groups (broad SMARTS) is 1. The normalized spacial score (nSPS) is 12.8. The van der Waals surface area contributed by atoms with Crippen molar-refractivity contribution < 1.29 is 23.1 Å². The average molecular weight is 200 g/mol. The van der Waals surface area contributed by atoms with Crippen LogP contribution in [0.4, 0.5) is 13.2 Å². The minimum Gasteiger partial charge on any atom is -0.481 e. The van der Waals surface area contributed by atoms with Gasteiger partial charge in [0.25, 0.3) is 0 Å². The number of carbonyl (C=O) groups is 1.